The van der Waals surface area contributed by atoms with Gasteiger partial charge < -0.3 is 10.1 Å². The summed E-state index contributed by atoms with van der Waals surface area (Å²) in [5, 5.41) is 13.4. The van der Waals surface area contributed by atoms with Gasteiger partial charge in [0.25, 0.3) is 0 Å². The van der Waals surface area contributed by atoms with Crippen molar-refractivity contribution in [2.45, 2.75) is 26.2 Å². The summed E-state index contributed by atoms with van der Waals surface area (Å²) >= 11 is 0. The van der Waals surface area contributed by atoms with E-state index in [1.165, 1.54) is 20.0 Å². The molecule has 0 unspecified atom stereocenters. The third-order valence-electron chi connectivity index (χ3n) is 2.17. The monoisotopic (exact) mass is 238 g/mol. The highest BCUT2D eigenvalue weighted by atomic mass is 16.5. The van der Waals surface area contributed by atoms with E-state index in [1.54, 1.807) is 12.1 Å². The fraction of sp³-hybridized carbons (Fsp3) is 0.545. The number of hydrogen-bond acceptors (Lipinski definition) is 5. The van der Waals surface area contributed by atoms with Crippen molar-refractivity contribution in [3.63, 3.8) is 0 Å². The van der Waals surface area contributed by atoms with E-state index in [0.29, 0.717) is 11.6 Å². The molecule has 0 saturated heterocycles. The van der Waals surface area contributed by atoms with E-state index < -0.39 is 6.09 Å². The molecular formula is C11H18N4O2. The highest BCUT2D eigenvalue weighted by Gasteiger charge is 2.02. The molecule has 0 aromatic carbocycles. The molecule has 0 aliphatic heterocycles. The average molecular weight is 238 g/mol. The van der Waals surface area contributed by atoms with E-state index in [1.807, 2.05) is 0 Å². The molecule has 6 heteroatoms. The zero-order valence-corrected chi connectivity index (χ0v) is 10.2. The number of nitrogens with one attached hydrogen (secondary N) is 2. The second kappa shape index (κ2) is 7.43. The Labute approximate surface area is 101 Å². The summed E-state index contributed by atoms with van der Waals surface area (Å²) in [6, 6.07) is 3.44. The number of amides is 1. The minimum atomic E-state index is -0.553. The van der Waals surface area contributed by atoms with Crippen molar-refractivity contribution < 1.29 is 9.53 Å². The van der Waals surface area contributed by atoms with Gasteiger partial charge in [0.05, 0.1) is 7.11 Å². The molecule has 0 spiro atoms. The largest absolute Gasteiger partial charge is 0.453 e. The van der Waals surface area contributed by atoms with Crippen LogP contribution < -0.4 is 10.6 Å². The number of aromatic nitrogens is 2. The van der Waals surface area contributed by atoms with E-state index in [0.717, 1.165) is 13.0 Å². The summed E-state index contributed by atoms with van der Waals surface area (Å²) in [5.41, 5.74) is 0. The maximum Gasteiger partial charge on any atom is 0.412 e. The summed E-state index contributed by atoms with van der Waals surface area (Å²) in [6.07, 6.45) is 2.95. The van der Waals surface area contributed by atoms with Crippen LogP contribution in [0.15, 0.2) is 12.1 Å². The number of rotatable bonds is 6. The minimum Gasteiger partial charge on any atom is -0.453 e. The minimum absolute atomic E-state index is 0.371. The predicted octanol–water partition coefficient (Wildman–Crippen LogP) is 2.26. The summed E-state index contributed by atoms with van der Waals surface area (Å²) in [7, 11) is 1.30. The van der Waals surface area contributed by atoms with Crippen molar-refractivity contribution >= 4 is 17.7 Å². The van der Waals surface area contributed by atoms with Gasteiger partial charge in [0.2, 0.25) is 0 Å². The molecule has 1 aromatic rings. The van der Waals surface area contributed by atoms with Crippen LogP contribution in [-0.4, -0.2) is 29.9 Å². The zero-order valence-electron chi connectivity index (χ0n) is 10.2. The van der Waals surface area contributed by atoms with Crippen LogP contribution in [0.1, 0.15) is 26.2 Å². The van der Waals surface area contributed by atoms with Crippen molar-refractivity contribution in [2.75, 3.05) is 24.3 Å². The molecule has 1 heterocycles. The molecule has 0 saturated carbocycles. The number of anilines is 2. The molecule has 2 N–H and O–H groups in total. The van der Waals surface area contributed by atoms with Gasteiger partial charge in [0.1, 0.15) is 5.82 Å². The molecule has 0 aliphatic rings. The molecular weight excluding hydrogens is 220 g/mol. The number of nitrogens with zero attached hydrogens (tertiary/aromatic N) is 2. The Morgan fingerprint density at radius 1 is 1.29 bits per heavy atom. The van der Waals surface area contributed by atoms with Crippen LogP contribution >= 0.6 is 0 Å². The second-order valence-corrected chi connectivity index (χ2v) is 3.55. The van der Waals surface area contributed by atoms with E-state index in [2.05, 4.69) is 32.5 Å². The lowest BCUT2D eigenvalue weighted by Gasteiger charge is -2.05. The molecule has 94 valence electrons. The van der Waals surface area contributed by atoms with Crippen LogP contribution in [-0.2, 0) is 4.74 Å². The standard InChI is InChI=1S/C11H18N4O2/c1-3-4-5-8-12-9-6-7-10(15-14-9)13-11(16)17-2/h6-7H,3-5,8H2,1-2H3,(H,12,14)(H,13,15,16). The maximum absolute atomic E-state index is 10.9. The van der Waals surface area contributed by atoms with Gasteiger partial charge in [0.15, 0.2) is 5.82 Å². The molecule has 1 aromatic heterocycles. The lowest BCUT2D eigenvalue weighted by atomic mass is 10.2. The molecule has 0 fully saturated rings. The summed E-state index contributed by atoms with van der Waals surface area (Å²) in [6.45, 7) is 3.04. The Bertz CT molecular complexity index is 340. The van der Waals surface area contributed by atoms with Gasteiger partial charge >= 0.3 is 6.09 Å². The van der Waals surface area contributed by atoms with Gasteiger partial charge in [-0.2, -0.15) is 0 Å². The number of carbonyl (C=O) groups excluding carboxylic acids is 1. The maximum atomic E-state index is 10.9. The lowest BCUT2D eigenvalue weighted by Crippen LogP contribution is -2.13. The van der Waals surface area contributed by atoms with E-state index in [-0.39, 0.29) is 0 Å². The van der Waals surface area contributed by atoms with Gasteiger partial charge in [-0.1, -0.05) is 19.8 Å². The average Bonchev–Trinajstić information content (AvgIpc) is 2.36. The molecule has 1 amide bonds. The zero-order chi connectivity index (χ0) is 12.5. The lowest BCUT2D eigenvalue weighted by molar-refractivity contribution is 0.187. The quantitative estimate of drug-likeness (QED) is 0.743. The fourth-order valence-corrected chi connectivity index (χ4v) is 1.24. The highest BCUT2D eigenvalue weighted by Crippen LogP contribution is 2.06. The van der Waals surface area contributed by atoms with E-state index in [4.69, 9.17) is 0 Å². The van der Waals surface area contributed by atoms with Crippen molar-refractivity contribution in [1.82, 2.24) is 10.2 Å². The van der Waals surface area contributed by atoms with Crippen LogP contribution in [0.5, 0.6) is 0 Å². The first-order valence-corrected chi connectivity index (χ1v) is 5.69. The van der Waals surface area contributed by atoms with Gasteiger partial charge in [-0.15, -0.1) is 10.2 Å². The molecule has 17 heavy (non-hydrogen) atoms. The van der Waals surface area contributed by atoms with E-state index in [9.17, 15) is 4.79 Å². The number of ether oxygens (including phenoxy) is 1. The first-order valence-electron chi connectivity index (χ1n) is 5.69. The molecule has 0 atom stereocenters. The first-order chi connectivity index (χ1) is 8.26. The van der Waals surface area contributed by atoms with Crippen LogP contribution in [0.3, 0.4) is 0 Å². The van der Waals surface area contributed by atoms with Gasteiger partial charge in [-0.25, -0.2) is 4.79 Å². The summed E-state index contributed by atoms with van der Waals surface area (Å²) in [4.78, 5) is 10.9. The molecule has 0 aliphatic carbocycles. The third kappa shape index (κ3) is 5.14. The number of methoxy groups -OCH3 is 1. The number of carbonyl (C=O) groups is 1. The topological polar surface area (TPSA) is 76.1 Å². The summed E-state index contributed by atoms with van der Waals surface area (Å²) in [5.74, 6) is 1.08. The van der Waals surface area contributed by atoms with Gasteiger partial charge in [-0.3, -0.25) is 5.32 Å². The number of unbranched alkanes of at least 4 members (excludes halogenated alkanes) is 2. The molecule has 1 rings (SSSR count). The summed E-state index contributed by atoms with van der Waals surface area (Å²) < 4.78 is 4.44. The van der Waals surface area contributed by atoms with Crippen molar-refractivity contribution in [3.8, 4) is 0 Å². The smallest absolute Gasteiger partial charge is 0.412 e. The second-order valence-electron chi connectivity index (χ2n) is 3.55. The Kier molecular flexibility index (Phi) is 5.77. The van der Waals surface area contributed by atoms with E-state index >= 15 is 0 Å². The Morgan fingerprint density at radius 2 is 2.00 bits per heavy atom. The van der Waals surface area contributed by atoms with Crippen LogP contribution in [0, 0.1) is 0 Å². The van der Waals surface area contributed by atoms with Crippen LogP contribution in [0.4, 0.5) is 16.4 Å². The van der Waals surface area contributed by atoms with Crippen molar-refractivity contribution in [2.24, 2.45) is 0 Å². The predicted molar refractivity (Wildman–Crippen MR) is 66.1 cm³/mol. The van der Waals surface area contributed by atoms with Gasteiger partial charge in [0, 0.05) is 6.54 Å². The molecule has 0 radical (unpaired) electrons. The Hall–Kier alpha value is -1.85. The molecule has 0 bridgehead atoms. The third-order valence-corrected chi connectivity index (χ3v) is 2.17. The van der Waals surface area contributed by atoms with Gasteiger partial charge in [-0.05, 0) is 18.6 Å². The number of hydrogen-bond donors (Lipinski definition) is 2. The Morgan fingerprint density at radius 3 is 2.59 bits per heavy atom. The molecule has 6 nitrogen and oxygen atoms in total. The van der Waals surface area contributed by atoms with Crippen molar-refractivity contribution in [3.05, 3.63) is 12.1 Å². The van der Waals surface area contributed by atoms with Crippen molar-refractivity contribution in [1.29, 1.82) is 0 Å². The van der Waals surface area contributed by atoms with Crippen LogP contribution in [0.2, 0.25) is 0 Å². The SMILES string of the molecule is CCCCCNc1ccc(NC(=O)OC)nn1. The highest BCUT2D eigenvalue weighted by molar-refractivity contribution is 5.83. The fourth-order valence-electron chi connectivity index (χ4n) is 1.24. The van der Waals surface area contributed by atoms with Crippen LogP contribution in [0.25, 0.3) is 0 Å². The normalized spacial score (nSPS) is 9.76. The Balaban J connectivity index is 2.36. The first kappa shape index (κ1) is 13.2.